The molecule has 0 saturated carbocycles. The summed E-state index contributed by atoms with van der Waals surface area (Å²) in [6, 6.07) is 12.6. The van der Waals surface area contributed by atoms with E-state index in [4.69, 9.17) is 0 Å². The van der Waals surface area contributed by atoms with Crippen molar-refractivity contribution in [1.29, 1.82) is 0 Å². The molecule has 1 aliphatic rings. The van der Waals surface area contributed by atoms with Gasteiger partial charge in [-0.05, 0) is 37.1 Å². The smallest absolute Gasteiger partial charge is 0.480 e. The molecule has 0 aliphatic carbocycles. The summed E-state index contributed by atoms with van der Waals surface area (Å²) < 4.78 is 41.3. The number of anilines is 1. The maximum absolute atomic E-state index is 12.6. The highest BCUT2D eigenvalue weighted by Crippen LogP contribution is 2.29. The number of rotatable bonds is 8. The number of nitrogens with zero attached hydrogens (tertiary/aromatic N) is 1. The van der Waals surface area contributed by atoms with Crippen LogP contribution in [0.5, 0.6) is 5.75 Å². The number of carbonyl (C=O) groups excluding carboxylic acids is 2. The molecule has 182 valence electrons. The predicted octanol–water partition coefficient (Wildman–Crippen LogP) is 2.80. The Kier molecular flexibility index (Phi) is 7.98. The van der Waals surface area contributed by atoms with Crippen LogP contribution in [0.15, 0.2) is 54.6 Å². The van der Waals surface area contributed by atoms with E-state index in [0.717, 1.165) is 0 Å². The Morgan fingerprint density at radius 1 is 1.06 bits per heavy atom. The monoisotopic (exact) mass is 479 g/mol. The number of benzene rings is 2. The first-order valence-electron chi connectivity index (χ1n) is 10.6. The van der Waals surface area contributed by atoms with Gasteiger partial charge in [0.25, 0.3) is 5.91 Å². The highest BCUT2D eigenvalue weighted by Gasteiger charge is 2.32. The summed E-state index contributed by atoms with van der Waals surface area (Å²) in [6.45, 7) is 0.520. The molecule has 1 unspecified atom stereocenters. The van der Waals surface area contributed by atoms with Crippen LogP contribution in [-0.2, 0) is 9.59 Å². The van der Waals surface area contributed by atoms with Gasteiger partial charge in [0, 0.05) is 42.9 Å². The van der Waals surface area contributed by atoms with E-state index < -0.39 is 36.1 Å². The second-order valence-corrected chi connectivity index (χ2v) is 7.78. The minimum absolute atomic E-state index is 0.278. The van der Waals surface area contributed by atoms with Crippen molar-refractivity contribution in [2.24, 2.45) is 5.92 Å². The van der Waals surface area contributed by atoms with Gasteiger partial charge in [0.1, 0.15) is 11.8 Å². The Hall–Kier alpha value is -3.76. The van der Waals surface area contributed by atoms with Crippen molar-refractivity contribution in [3.8, 4) is 5.75 Å². The molecule has 0 radical (unpaired) electrons. The lowest BCUT2D eigenvalue weighted by atomic mass is 9.95. The summed E-state index contributed by atoms with van der Waals surface area (Å²) >= 11 is 0. The van der Waals surface area contributed by atoms with E-state index in [-0.39, 0.29) is 12.3 Å². The van der Waals surface area contributed by atoms with Crippen molar-refractivity contribution in [1.82, 2.24) is 10.6 Å². The van der Waals surface area contributed by atoms with Crippen LogP contribution in [0.1, 0.15) is 23.2 Å². The molecule has 1 heterocycles. The minimum Gasteiger partial charge on any atom is -0.480 e. The fourth-order valence-corrected chi connectivity index (χ4v) is 3.65. The molecule has 0 spiro atoms. The second-order valence-electron chi connectivity index (χ2n) is 7.78. The van der Waals surface area contributed by atoms with Gasteiger partial charge < -0.3 is 25.4 Å². The summed E-state index contributed by atoms with van der Waals surface area (Å²) in [5.41, 5.74) is 0.905. The molecule has 1 saturated heterocycles. The molecule has 34 heavy (non-hydrogen) atoms. The number of amides is 2. The number of ether oxygens (including phenoxy) is 1. The third-order valence-electron chi connectivity index (χ3n) is 5.40. The van der Waals surface area contributed by atoms with Crippen LogP contribution in [0, 0.1) is 5.92 Å². The van der Waals surface area contributed by atoms with Crippen molar-refractivity contribution < 1.29 is 37.4 Å². The number of nitrogens with one attached hydrogen (secondary N) is 2. The van der Waals surface area contributed by atoms with Crippen molar-refractivity contribution in [3.63, 3.8) is 0 Å². The average molecular weight is 479 g/mol. The van der Waals surface area contributed by atoms with Gasteiger partial charge in [-0.1, -0.05) is 24.3 Å². The molecule has 3 rings (SSSR count). The highest BCUT2D eigenvalue weighted by molar-refractivity contribution is 5.94. The lowest BCUT2D eigenvalue weighted by Gasteiger charge is -2.33. The zero-order valence-electron chi connectivity index (χ0n) is 18.0. The number of piperidine rings is 1. The zero-order chi connectivity index (χ0) is 24.7. The summed E-state index contributed by atoms with van der Waals surface area (Å²) in [6.07, 6.45) is -4.01. The molecule has 8 nitrogen and oxygen atoms in total. The van der Waals surface area contributed by atoms with Crippen LogP contribution in [-0.4, -0.2) is 54.9 Å². The molecule has 0 aromatic heterocycles. The molecule has 1 fully saturated rings. The van der Waals surface area contributed by atoms with E-state index in [1.165, 1.54) is 18.2 Å². The summed E-state index contributed by atoms with van der Waals surface area (Å²) in [7, 11) is 0. The second kappa shape index (κ2) is 10.9. The topological polar surface area (TPSA) is 108 Å². The maximum Gasteiger partial charge on any atom is 0.573 e. The zero-order valence-corrected chi connectivity index (χ0v) is 18.0. The van der Waals surface area contributed by atoms with Crippen LogP contribution in [0.2, 0.25) is 0 Å². The fraction of sp³-hybridized carbons (Fsp3) is 0.348. The van der Waals surface area contributed by atoms with E-state index >= 15 is 0 Å². The molecule has 3 N–H and O–H groups in total. The van der Waals surface area contributed by atoms with Gasteiger partial charge in [-0.3, -0.25) is 9.59 Å². The number of hydrogen-bond acceptors (Lipinski definition) is 5. The van der Waals surface area contributed by atoms with Crippen molar-refractivity contribution in [2.45, 2.75) is 25.2 Å². The lowest BCUT2D eigenvalue weighted by molar-refractivity contribution is -0.274. The number of aliphatic carboxylic acids is 1. The van der Waals surface area contributed by atoms with Gasteiger partial charge in [0.2, 0.25) is 5.91 Å². The lowest BCUT2D eigenvalue weighted by Crippen LogP contribution is -2.51. The van der Waals surface area contributed by atoms with Gasteiger partial charge in [0.15, 0.2) is 0 Å². The van der Waals surface area contributed by atoms with Gasteiger partial charge in [-0.25, -0.2) is 4.79 Å². The molecule has 2 aromatic carbocycles. The largest absolute Gasteiger partial charge is 0.573 e. The first-order chi connectivity index (χ1) is 16.1. The number of carboxylic acid groups (broad SMARTS) is 1. The Bertz CT molecular complexity index is 1010. The van der Waals surface area contributed by atoms with Crippen molar-refractivity contribution >= 4 is 23.5 Å². The third kappa shape index (κ3) is 7.12. The number of alkyl halides is 3. The van der Waals surface area contributed by atoms with Crippen LogP contribution in [0.3, 0.4) is 0 Å². The van der Waals surface area contributed by atoms with Crippen LogP contribution in [0.25, 0.3) is 0 Å². The first-order valence-corrected chi connectivity index (χ1v) is 10.6. The molecule has 2 amide bonds. The number of carbonyl (C=O) groups is 3. The normalized spacial score (nSPS) is 15.3. The molecule has 11 heteroatoms. The number of halogens is 3. The van der Waals surface area contributed by atoms with E-state index in [2.05, 4.69) is 15.4 Å². The summed E-state index contributed by atoms with van der Waals surface area (Å²) in [5.74, 6) is -2.97. The van der Waals surface area contributed by atoms with Gasteiger partial charge in [-0.2, -0.15) is 0 Å². The van der Waals surface area contributed by atoms with Gasteiger partial charge >= 0.3 is 12.3 Å². The third-order valence-corrected chi connectivity index (χ3v) is 5.40. The first kappa shape index (κ1) is 24.9. The van der Waals surface area contributed by atoms with E-state index in [0.29, 0.717) is 37.2 Å². The molecular formula is C23H24F3N3O5. The number of carboxylic acids is 1. The number of hydrogen-bond donors (Lipinski definition) is 3. The van der Waals surface area contributed by atoms with Gasteiger partial charge in [0.05, 0.1) is 0 Å². The minimum atomic E-state index is -4.79. The average Bonchev–Trinajstić information content (AvgIpc) is 2.81. The van der Waals surface area contributed by atoms with E-state index in [1.807, 2.05) is 4.90 Å². The van der Waals surface area contributed by atoms with Crippen molar-refractivity contribution in [3.05, 3.63) is 60.2 Å². The Morgan fingerprint density at radius 3 is 2.35 bits per heavy atom. The Labute approximate surface area is 193 Å². The molecule has 0 bridgehead atoms. The van der Waals surface area contributed by atoms with Crippen LogP contribution >= 0.6 is 0 Å². The summed E-state index contributed by atoms with van der Waals surface area (Å²) in [5, 5.41) is 14.4. The summed E-state index contributed by atoms with van der Waals surface area (Å²) in [4.78, 5) is 38.2. The maximum atomic E-state index is 12.6. The Balaban J connectivity index is 1.51. The van der Waals surface area contributed by atoms with Crippen molar-refractivity contribution in [2.75, 3.05) is 24.5 Å². The fourth-order valence-electron chi connectivity index (χ4n) is 3.65. The molecule has 1 aliphatic heterocycles. The standard InChI is InChI=1S/C23H24F3N3O5/c24-23(25,26)34-18-8-4-7-17(13-18)29-11-9-16(10-12-29)21(31)28-19(22(32)33)14-27-20(30)15-5-2-1-3-6-15/h1-8,13,16,19H,9-12,14H2,(H,27,30)(H,28,31)(H,32,33). The highest BCUT2D eigenvalue weighted by atomic mass is 19.4. The van der Waals surface area contributed by atoms with Gasteiger partial charge in [-0.15, -0.1) is 13.2 Å². The predicted molar refractivity (Wildman–Crippen MR) is 116 cm³/mol. The van der Waals surface area contributed by atoms with E-state index in [9.17, 15) is 32.7 Å². The van der Waals surface area contributed by atoms with Crippen LogP contribution in [0.4, 0.5) is 18.9 Å². The SMILES string of the molecule is O=C(NCC(NC(=O)C1CCN(c2cccc(OC(F)(F)F)c2)CC1)C(=O)O)c1ccccc1. The quantitative estimate of drug-likeness (QED) is 0.538. The molecule has 1 atom stereocenters. The van der Waals surface area contributed by atoms with E-state index in [1.54, 1.807) is 36.4 Å². The molecule has 2 aromatic rings. The molecular weight excluding hydrogens is 455 g/mol. The Morgan fingerprint density at radius 2 is 1.74 bits per heavy atom. The van der Waals surface area contributed by atoms with Crippen LogP contribution < -0.4 is 20.3 Å².